The molecule has 0 radical (unpaired) electrons. The van der Waals surface area contributed by atoms with Crippen molar-refractivity contribution in [2.75, 3.05) is 13.7 Å². The molecule has 0 aliphatic heterocycles. The average molecular weight is 287 g/mol. The van der Waals surface area contributed by atoms with Gasteiger partial charge in [0, 0.05) is 11.3 Å². The van der Waals surface area contributed by atoms with E-state index in [1.807, 2.05) is 12.1 Å². The van der Waals surface area contributed by atoms with Crippen LogP contribution in [-0.2, 0) is 6.54 Å². The lowest BCUT2D eigenvalue weighted by molar-refractivity contribution is 0.384. The molecule has 0 aliphatic carbocycles. The Labute approximate surface area is 127 Å². The number of aromatic nitrogens is 2. The first-order valence-electron chi connectivity index (χ1n) is 7.45. The zero-order chi connectivity index (χ0) is 15.4. The second kappa shape index (κ2) is 6.76. The lowest BCUT2D eigenvalue weighted by Crippen LogP contribution is -2.26. The minimum Gasteiger partial charge on any atom is -0.496 e. The summed E-state index contributed by atoms with van der Waals surface area (Å²) in [4.78, 5) is 0. The number of benzene rings is 1. The van der Waals surface area contributed by atoms with Crippen molar-refractivity contribution in [2.24, 2.45) is 0 Å². The summed E-state index contributed by atoms with van der Waals surface area (Å²) in [6.45, 7) is 10.1. The van der Waals surface area contributed by atoms with E-state index in [-0.39, 0.29) is 6.04 Å². The molecule has 1 unspecified atom stereocenters. The highest BCUT2D eigenvalue weighted by atomic mass is 16.5. The summed E-state index contributed by atoms with van der Waals surface area (Å²) in [5.74, 6) is 0.918. The van der Waals surface area contributed by atoms with Gasteiger partial charge in [-0.15, -0.1) is 0 Å². The van der Waals surface area contributed by atoms with Crippen molar-refractivity contribution in [2.45, 2.75) is 40.3 Å². The van der Waals surface area contributed by atoms with Gasteiger partial charge in [0.2, 0.25) is 0 Å². The van der Waals surface area contributed by atoms with E-state index in [4.69, 9.17) is 4.74 Å². The molecule has 0 bridgehead atoms. The van der Waals surface area contributed by atoms with Crippen molar-refractivity contribution < 1.29 is 4.74 Å². The fraction of sp³-hybridized carbons (Fsp3) is 0.471. The molecule has 1 N–H and O–H groups in total. The topological polar surface area (TPSA) is 39.1 Å². The van der Waals surface area contributed by atoms with E-state index >= 15 is 0 Å². The maximum absolute atomic E-state index is 5.50. The zero-order valence-corrected chi connectivity index (χ0v) is 13.6. The maximum atomic E-state index is 5.50. The van der Waals surface area contributed by atoms with Crippen LogP contribution in [0.4, 0.5) is 0 Å². The first kappa shape index (κ1) is 15.6. The largest absolute Gasteiger partial charge is 0.496 e. The molecular weight excluding hydrogens is 262 g/mol. The Hall–Kier alpha value is -1.81. The number of ether oxygens (including phenoxy) is 1. The molecule has 21 heavy (non-hydrogen) atoms. The van der Waals surface area contributed by atoms with Crippen LogP contribution in [-0.4, -0.2) is 23.4 Å². The molecule has 4 nitrogen and oxygen atoms in total. The number of likely N-dealkylation sites (N-methyl/N-ethyl adjacent to an activating group) is 1. The van der Waals surface area contributed by atoms with Gasteiger partial charge < -0.3 is 10.1 Å². The van der Waals surface area contributed by atoms with Gasteiger partial charge in [-0.05, 0) is 38.9 Å². The highest BCUT2D eigenvalue weighted by Crippen LogP contribution is 2.26. The highest BCUT2D eigenvalue weighted by Gasteiger charge is 2.18. The third-order valence-corrected chi connectivity index (χ3v) is 4.06. The SMILES string of the molecule is CCNC(Cn1nc(C)c(C)c1C)c1ccccc1OC. The number of rotatable bonds is 6. The van der Waals surface area contributed by atoms with Gasteiger partial charge in [-0.3, -0.25) is 4.68 Å². The molecule has 1 aromatic heterocycles. The van der Waals surface area contributed by atoms with E-state index in [0.29, 0.717) is 0 Å². The number of hydrogen-bond donors (Lipinski definition) is 1. The number of aryl methyl sites for hydroxylation is 1. The van der Waals surface area contributed by atoms with Gasteiger partial charge in [-0.2, -0.15) is 5.10 Å². The van der Waals surface area contributed by atoms with Crippen molar-refractivity contribution >= 4 is 0 Å². The summed E-state index contributed by atoms with van der Waals surface area (Å²) >= 11 is 0. The number of nitrogens with zero attached hydrogens (tertiary/aromatic N) is 2. The van der Waals surface area contributed by atoms with E-state index in [2.05, 4.69) is 54.9 Å². The Kier molecular flexibility index (Phi) is 5.02. The Balaban J connectivity index is 2.33. The number of hydrogen-bond acceptors (Lipinski definition) is 3. The van der Waals surface area contributed by atoms with E-state index < -0.39 is 0 Å². The van der Waals surface area contributed by atoms with Crippen molar-refractivity contribution in [3.63, 3.8) is 0 Å². The van der Waals surface area contributed by atoms with Crippen molar-refractivity contribution in [3.8, 4) is 5.75 Å². The summed E-state index contributed by atoms with van der Waals surface area (Å²) in [6.07, 6.45) is 0. The Morgan fingerprint density at radius 1 is 1.24 bits per heavy atom. The lowest BCUT2D eigenvalue weighted by atomic mass is 10.1. The van der Waals surface area contributed by atoms with Crippen LogP contribution in [0.1, 0.15) is 35.5 Å². The number of nitrogens with one attached hydrogen (secondary N) is 1. The van der Waals surface area contributed by atoms with Crippen molar-refractivity contribution in [3.05, 3.63) is 46.8 Å². The van der Waals surface area contributed by atoms with Gasteiger partial charge in [0.25, 0.3) is 0 Å². The minimum atomic E-state index is 0.184. The molecule has 0 amide bonds. The molecule has 0 aliphatic rings. The summed E-state index contributed by atoms with van der Waals surface area (Å²) in [5.41, 5.74) is 4.77. The second-order valence-corrected chi connectivity index (χ2v) is 5.33. The zero-order valence-electron chi connectivity index (χ0n) is 13.6. The predicted molar refractivity (Wildman–Crippen MR) is 85.8 cm³/mol. The Morgan fingerprint density at radius 2 is 1.95 bits per heavy atom. The molecule has 0 saturated carbocycles. The molecular formula is C17H25N3O. The lowest BCUT2D eigenvalue weighted by Gasteiger charge is -2.21. The van der Waals surface area contributed by atoms with Crippen LogP contribution in [0.25, 0.3) is 0 Å². The van der Waals surface area contributed by atoms with Crippen LogP contribution < -0.4 is 10.1 Å². The van der Waals surface area contributed by atoms with Crippen molar-refractivity contribution in [1.82, 2.24) is 15.1 Å². The van der Waals surface area contributed by atoms with Gasteiger partial charge in [-0.1, -0.05) is 25.1 Å². The quantitative estimate of drug-likeness (QED) is 0.887. The van der Waals surface area contributed by atoms with Crippen LogP contribution in [0, 0.1) is 20.8 Å². The summed E-state index contributed by atoms with van der Waals surface area (Å²) in [6, 6.07) is 8.35. The molecule has 114 valence electrons. The van der Waals surface area contributed by atoms with Gasteiger partial charge >= 0.3 is 0 Å². The second-order valence-electron chi connectivity index (χ2n) is 5.33. The van der Waals surface area contributed by atoms with Gasteiger partial charge in [0.15, 0.2) is 0 Å². The van der Waals surface area contributed by atoms with E-state index in [1.165, 1.54) is 16.8 Å². The monoisotopic (exact) mass is 287 g/mol. The molecule has 0 spiro atoms. The maximum Gasteiger partial charge on any atom is 0.123 e. The van der Waals surface area contributed by atoms with Crippen LogP contribution in [0.5, 0.6) is 5.75 Å². The standard InChI is InChI=1S/C17H25N3O/c1-6-18-16(15-9-7-8-10-17(15)21-5)11-20-14(4)12(2)13(3)19-20/h7-10,16,18H,6,11H2,1-5H3. The van der Waals surface area contributed by atoms with E-state index in [1.54, 1.807) is 7.11 Å². The van der Waals surface area contributed by atoms with E-state index in [0.717, 1.165) is 24.5 Å². The third kappa shape index (κ3) is 3.27. The Bertz CT molecular complexity index is 604. The fourth-order valence-corrected chi connectivity index (χ4v) is 2.61. The fourth-order valence-electron chi connectivity index (χ4n) is 2.61. The predicted octanol–water partition coefficient (Wildman–Crippen LogP) is 3.17. The van der Waals surface area contributed by atoms with Crippen LogP contribution in [0.2, 0.25) is 0 Å². The normalized spacial score (nSPS) is 12.4. The van der Waals surface area contributed by atoms with Gasteiger partial charge in [-0.25, -0.2) is 0 Å². The molecule has 4 heteroatoms. The van der Waals surface area contributed by atoms with Crippen LogP contribution >= 0.6 is 0 Å². The first-order valence-corrected chi connectivity index (χ1v) is 7.45. The average Bonchev–Trinajstić information content (AvgIpc) is 2.74. The van der Waals surface area contributed by atoms with Crippen LogP contribution in [0.15, 0.2) is 24.3 Å². The molecule has 0 saturated heterocycles. The van der Waals surface area contributed by atoms with E-state index in [9.17, 15) is 0 Å². The van der Waals surface area contributed by atoms with Gasteiger partial charge in [0.1, 0.15) is 5.75 Å². The number of para-hydroxylation sites is 1. The Morgan fingerprint density at radius 3 is 2.52 bits per heavy atom. The molecule has 1 atom stereocenters. The van der Waals surface area contributed by atoms with Crippen LogP contribution in [0.3, 0.4) is 0 Å². The summed E-state index contributed by atoms with van der Waals surface area (Å²) < 4.78 is 7.59. The molecule has 1 aromatic carbocycles. The van der Waals surface area contributed by atoms with Gasteiger partial charge in [0.05, 0.1) is 25.4 Å². The molecule has 2 rings (SSSR count). The third-order valence-electron chi connectivity index (χ3n) is 4.06. The highest BCUT2D eigenvalue weighted by molar-refractivity contribution is 5.36. The number of methoxy groups -OCH3 is 1. The molecule has 0 fully saturated rings. The molecule has 1 heterocycles. The summed E-state index contributed by atoms with van der Waals surface area (Å²) in [7, 11) is 1.72. The van der Waals surface area contributed by atoms with Crippen molar-refractivity contribution in [1.29, 1.82) is 0 Å². The molecule has 2 aromatic rings. The minimum absolute atomic E-state index is 0.184. The first-order chi connectivity index (χ1) is 10.1. The summed E-state index contributed by atoms with van der Waals surface area (Å²) in [5, 5.41) is 8.19. The smallest absolute Gasteiger partial charge is 0.123 e.